The van der Waals surface area contributed by atoms with E-state index in [1.54, 1.807) is 12.4 Å². The van der Waals surface area contributed by atoms with Crippen LogP contribution in [0.3, 0.4) is 0 Å². The highest BCUT2D eigenvalue weighted by atomic mass is 15.5. The molecule has 0 bridgehead atoms. The molecule has 3 aromatic heterocycles. The fourth-order valence-electron chi connectivity index (χ4n) is 2.99. The summed E-state index contributed by atoms with van der Waals surface area (Å²) in [6, 6.07) is 2.02. The highest BCUT2D eigenvalue weighted by Crippen LogP contribution is 2.31. The summed E-state index contributed by atoms with van der Waals surface area (Å²) in [7, 11) is 0. The number of hydrogen-bond donors (Lipinski definition) is 2. The van der Waals surface area contributed by atoms with E-state index in [9.17, 15) is 0 Å². The molecule has 0 spiro atoms. The molecule has 0 aliphatic carbocycles. The molecule has 4 heterocycles. The summed E-state index contributed by atoms with van der Waals surface area (Å²) in [6.07, 6.45) is 5.78. The van der Waals surface area contributed by atoms with Crippen molar-refractivity contribution < 1.29 is 0 Å². The van der Waals surface area contributed by atoms with Gasteiger partial charge in [-0.1, -0.05) is 0 Å². The van der Waals surface area contributed by atoms with Gasteiger partial charge < -0.3 is 5.32 Å². The van der Waals surface area contributed by atoms with Crippen LogP contribution in [-0.2, 0) is 5.54 Å². The van der Waals surface area contributed by atoms with Gasteiger partial charge in [0.05, 0.1) is 17.3 Å². The first kappa shape index (κ1) is 10.9. The van der Waals surface area contributed by atoms with Crippen LogP contribution in [0.1, 0.15) is 19.8 Å². The van der Waals surface area contributed by atoms with Gasteiger partial charge in [-0.2, -0.15) is 5.10 Å². The molecule has 0 radical (unpaired) electrons. The van der Waals surface area contributed by atoms with Gasteiger partial charge in [0.2, 0.25) is 0 Å². The number of hydrogen-bond acceptors (Lipinski definition) is 4. The van der Waals surface area contributed by atoms with E-state index in [0.29, 0.717) is 0 Å². The van der Waals surface area contributed by atoms with Crippen LogP contribution < -0.4 is 5.32 Å². The van der Waals surface area contributed by atoms with Gasteiger partial charge in [0, 0.05) is 11.6 Å². The molecule has 0 saturated carbocycles. The molecule has 6 heteroatoms. The van der Waals surface area contributed by atoms with Gasteiger partial charge >= 0.3 is 0 Å². The summed E-state index contributed by atoms with van der Waals surface area (Å²) in [5, 5.41) is 12.1. The fraction of sp³-hybridized carbons (Fsp3) is 0.462. The van der Waals surface area contributed by atoms with Gasteiger partial charge in [0.1, 0.15) is 5.52 Å². The van der Waals surface area contributed by atoms with Crippen molar-refractivity contribution in [1.29, 1.82) is 0 Å². The number of fused-ring (bicyclic) bond motifs is 3. The largest absolute Gasteiger partial charge is 0.317 e. The smallest absolute Gasteiger partial charge is 0.161 e. The molecule has 19 heavy (non-hydrogen) atoms. The van der Waals surface area contributed by atoms with Gasteiger partial charge in [0.15, 0.2) is 5.65 Å². The Labute approximate surface area is 110 Å². The number of rotatable bonds is 1. The van der Waals surface area contributed by atoms with Gasteiger partial charge in [-0.15, -0.1) is 0 Å². The highest BCUT2D eigenvalue weighted by molar-refractivity contribution is 6.00. The van der Waals surface area contributed by atoms with Crippen molar-refractivity contribution in [3.05, 3.63) is 18.5 Å². The van der Waals surface area contributed by atoms with Crippen LogP contribution in [0, 0.1) is 0 Å². The Morgan fingerprint density at radius 3 is 2.95 bits per heavy atom. The molecule has 1 fully saturated rings. The molecular formula is C13H16N6. The Balaban J connectivity index is 2.01. The van der Waals surface area contributed by atoms with Crippen LogP contribution >= 0.6 is 0 Å². The minimum Gasteiger partial charge on any atom is -0.317 e. The fourth-order valence-corrected chi connectivity index (χ4v) is 2.99. The first-order valence-electron chi connectivity index (χ1n) is 6.66. The Bertz CT molecular complexity index is 734. The summed E-state index contributed by atoms with van der Waals surface area (Å²) in [5.74, 6) is 0. The second-order valence-corrected chi connectivity index (χ2v) is 5.47. The van der Waals surface area contributed by atoms with Crippen LogP contribution in [0.4, 0.5) is 0 Å². The zero-order valence-electron chi connectivity index (χ0n) is 10.8. The van der Waals surface area contributed by atoms with E-state index in [-0.39, 0.29) is 5.54 Å². The number of nitrogens with one attached hydrogen (secondary N) is 2. The summed E-state index contributed by atoms with van der Waals surface area (Å²) in [6.45, 7) is 4.36. The molecule has 98 valence electrons. The van der Waals surface area contributed by atoms with E-state index >= 15 is 0 Å². The maximum absolute atomic E-state index is 4.40. The quantitative estimate of drug-likeness (QED) is 0.690. The Kier molecular flexibility index (Phi) is 2.17. The van der Waals surface area contributed by atoms with E-state index in [1.807, 2.05) is 6.07 Å². The average molecular weight is 256 g/mol. The highest BCUT2D eigenvalue weighted by Gasteiger charge is 2.31. The zero-order chi connectivity index (χ0) is 12.9. The Hall–Kier alpha value is -1.95. The third kappa shape index (κ3) is 1.49. The molecule has 0 amide bonds. The standard InChI is InChI=1S/C13H16N6/c1-13(3-6-14-7-4-13)19-11-9-2-5-15-12(9)16-8-10(11)17-18-19/h2,5,8,14,18H,3-4,6-7H2,1H3. The molecule has 1 aliphatic rings. The van der Waals surface area contributed by atoms with Gasteiger partial charge in [-0.05, 0) is 38.9 Å². The number of H-pyrrole nitrogens is 1. The molecule has 2 N–H and O–H groups in total. The number of aromatic nitrogens is 5. The van der Waals surface area contributed by atoms with Crippen LogP contribution in [0.15, 0.2) is 18.5 Å². The normalized spacial score (nSPS) is 19.2. The first-order chi connectivity index (χ1) is 9.28. The predicted octanol–water partition coefficient (Wildman–Crippen LogP) is 1.41. The Morgan fingerprint density at radius 1 is 1.26 bits per heavy atom. The van der Waals surface area contributed by atoms with Gasteiger partial charge in [-0.3, -0.25) is 4.68 Å². The van der Waals surface area contributed by atoms with Crippen LogP contribution in [0.25, 0.3) is 22.1 Å². The molecule has 0 unspecified atom stereocenters. The zero-order valence-corrected chi connectivity index (χ0v) is 10.8. The van der Waals surface area contributed by atoms with Crippen LogP contribution in [-0.4, -0.2) is 38.1 Å². The van der Waals surface area contributed by atoms with Crippen molar-refractivity contribution in [2.24, 2.45) is 0 Å². The lowest BCUT2D eigenvalue weighted by molar-refractivity contribution is 0.213. The van der Waals surface area contributed by atoms with E-state index < -0.39 is 0 Å². The van der Waals surface area contributed by atoms with E-state index in [0.717, 1.165) is 48.0 Å². The molecule has 1 saturated heterocycles. The lowest BCUT2D eigenvalue weighted by Gasteiger charge is -2.35. The number of nitrogens with zero attached hydrogens (tertiary/aromatic N) is 4. The number of pyridine rings is 1. The molecule has 6 nitrogen and oxygen atoms in total. The van der Waals surface area contributed by atoms with E-state index in [1.165, 1.54) is 0 Å². The van der Waals surface area contributed by atoms with Crippen molar-refractivity contribution in [2.75, 3.05) is 13.1 Å². The molecular weight excluding hydrogens is 240 g/mol. The molecule has 3 aromatic rings. The number of piperidine rings is 1. The molecule has 1 aliphatic heterocycles. The average Bonchev–Trinajstić information content (AvgIpc) is 3.05. The summed E-state index contributed by atoms with van der Waals surface area (Å²) in [5.41, 5.74) is 2.89. The van der Waals surface area contributed by atoms with Crippen LogP contribution in [0.5, 0.6) is 0 Å². The summed E-state index contributed by atoms with van der Waals surface area (Å²) < 4.78 is 2.20. The monoisotopic (exact) mass is 256 g/mol. The summed E-state index contributed by atoms with van der Waals surface area (Å²) >= 11 is 0. The minimum absolute atomic E-state index is 0.0750. The summed E-state index contributed by atoms with van der Waals surface area (Å²) in [4.78, 5) is 8.61. The third-order valence-corrected chi connectivity index (χ3v) is 4.20. The maximum atomic E-state index is 4.40. The number of aromatic amines is 1. The van der Waals surface area contributed by atoms with Crippen molar-refractivity contribution >= 4 is 22.1 Å². The topological polar surface area (TPSA) is 71.4 Å². The van der Waals surface area contributed by atoms with Gasteiger partial charge in [-0.25, -0.2) is 15.2 Å². The minimum atomic E-state index is 0.0750. The second kappa shape index (κ2) is 3.77. The van der Waals surface area contributed by atoms with E-state index in [2.05, 4.69) is 37.2 Å². The van der Waals surface area contributed by atoms with E-state index in [4.69, 9.17) is 0 Å². The first-order valence-corrected chi connectivity index (χ1v) is 6.66. The van der Waals surface area contributed by atoms with Crippen molar-refractivity contribution in [3.8, 4) is 0 Å². The molecule has 0 aromatic carbocycles. The van der Waals surface area contributed by atoms with Gasteiger partial charge in [0.25, 0.3) is 0 Å². The molecule has 4 rings (SSSR count). The van der Waals surface area contributed by atoms with Crippen molar-refractivity contribution in [2.45, 2.75) is 25.3 Å². The van der Waals surface area contributed by atoms with Crippen molar-refractivity contribution in [3.63, 3.8) is 0 Å². The lowest BCUT2D eigenvalue weighted by atomic mass is 9.90. The maximum Gasteiger partial charge on any atom is 0.161 e. The SMILES string of the molecule is CC1(n2[nH]nc3cnc4nccc4c32)CCNCC1. The second-order valence-electron chi connectivity index (χ2n) is 5.47. The third-order valence-electron chi connectivity index (χ3n) is 4.20. The lowest BCUT2D eigenvalue weighted by Crippen LogP contribution is -2.42. The predicted molar refractivity (Wildman–Crippen MR) is 72.9 cm³/mol. The van der Waals surface area contributed by atoms with Crippen molar-refractivity contribution in [1.82, 2.24) is 30.3 Å². The van der Waals surface area contributed by atoms with Crippen LogP contribution in [0.2, 0.25) is 0 Å². The molecule has 0 atom stereocenters. The Morgan fingerprint density at radius 2 is 2.11 bits per heavy atom.